The van der Waals surface area contributed by atoms with Gasteiger partial charge in [-0.2, -0.15) is 5.10 Å². The summed E-state index contributed by atoms with van der Waals surface area (Å²) in [6.45, 7) is -0.252. The van der Waals surface area contributed by atoms with E-state index in [1.165, 1.54) is 53.9 Å². The highest BCUT2D eigenvalue weighted by molar-refractivity contribution is 9.10. The van der Waals surface area contributed by atoms with E-state index in [0.29, 0.717) is 31.7 Å². The van der Waals surface area contributed by atoms with Crippen LogP contribution in [0.3, 0.4) is 0 Å². The van der Waals surface area contributed by atoms with Gasteiger partial charge in [-0.3, -0.25) is 19.7 Å². The molecule has 4 rings (SSSR count). The predicted octanol–water partition coefficient (Wildman–Crippen LogP) is 5.49. The standard InChI is InChI=1S/C24H16BrFN4O5S/c25-19-9-14(1-7-20(19)35-13-23(31)28-17-4-2-16(26)3-5-17)12-27-29-24(32)22-11-15-10-18(30(33)34)6-8-21(15)36-22/h1-12H,13H2,(H,28,31)(H,29,32)/b27-12-. The number of nitrogens with one attached hydrogen (secondary N) is 2. The summed E-state index contributed by atoms with van der Waals surface area (Å²) >= 11 is 4.57. The van der Waals surface area contributed by atoms with Crippen LogP contribution in [0.5, 0.6) is 5.75 Å². The lowest BCUT2D eigenvalue weighted by molar-refractivity contribution is -0.384. The van der Waals surface area contributed by atoms with Crippen molar-refractivity contribution in [1.82, 2.24) is 5.43 Å². The van der Waals surface area contributed by atoms with E-state index >= 15 is 0 Å². The average molecular weight is 571 g/mol. The predicted molar refractivity (Wildman–Crippen MR) is 138 cm³/mol. The van der Waals surface area contributed by atoms with Gasteiger partial charge in [-0.05, 0) is 76.1 Å². The van der Waals surface area contributed by atoms with Gasteiger partial charge in [-0.1, -0.05) is 0 Å². The van der Waals surface area contributed by atoms with Crippen LogP contribution in [0, 0.1) is 15.9 Å². The van der Waals surface area contributed by atoms with Crippen LogP contribution in [0.1, 0.15) is 15.2 Å². The van der Waals surface area contributed by atoms with Crippen molar-refractivity contribution in [3.05, 3.63) is 97.6 Å². The number of non-ortho nitro benzene ring substituents is 1. The molecule has 0 radical (unpaired) electrons. The fourth-order valence-electron chi connectivity index (χ4n) is 3.06. The van der Waals surface area contributed by atoms with Crippen molar-refractivity contribution >= 4 is 66.8 Å². The second-order valence-electron chi connectivity index (χ2n) is 7.32. The molecule has 0 bridgehead atoms. The quantitative estimate of drug-likeness (QED) is 0.165. The van der Waals surface area contributed by atoms with Gasteiger partial charge in [0.2, 0.25) is 0 Å². The fourth-order valence-corrected chi connectivity index (χ4v) is 4.51. The van der Waals surface area contributed by atoms with Crippen molar-refractivity contribution < 1.29 is 23.6 Å². The molecule has 1 aromatic heterocycles. The molecule has 1 heterocycles. The van der Waals surface area contributed by atoms with Crippen molar-refractivity contribution in [3.63, 3.8) is 0 Å². The maximum absolute atomic E-state index is 12.9. The number of carbonyl (C=O) groups excluding carboxylic acids is 2. The zero-order valence-corrected chi connectivity index (χ0v) is 20.6. The van der Waals surface area contributed by atoms with Crippen LogP contribution in [0.15, 0.2) is 76.3 Å². The molecule has 0 aliphatic carbocycles. The number of nitro benzene ring substituents is 1. The monoisotopic (exact) mass is 570 g/mol. The Hall–Kier alpha value is -4.16. The molecule has 4 aromatic rings. The minimum atomic E-state index is -0.488. The lowest BCUT2D eigenvalue weighted by Crippen LogP contribution is -2.20. The van der Waals surface area contributed by atoms with Gasteiger partial charge in [0.25, 0.3) is 17.5 Å². The molecule has 0 saturated carbocycles. The molecule has 36 heavy (non-hydrogen) atoms. The largest absolute Gasteiger partial charge is 0.483 e. The average Bonchev–Trinajstić information content (AvgIpc) is 3.28. The molecule has 12 heteroatoms. The molecule has 0 spiro atoms. The molecule has 9 nitrogen and oxygen atoms in total. The summed E-state index contributed by atoms with van der Waals surface area (Å²) in [4.78, 5) is 35.2. The number of rotatable bonds is 8. The van der Waals surface area contributed by atoms with E-state index in [1.54, 1.807) is 30.3 Å². The normalized spacial score (nSPS) is 10.9. The number of ether oxygens (including phenoxy) is 1. The molecular formula is C24H16BrFN4O5S. The summed E-state index contributed by atoms with van der Waals surface area (Å²) in [5.74, 6) is -0.825. The summed E-state index contributed by atoms with van der Waals surface area (Å²) < 4.78 is 19.8. The third-order valence-corrected chi connectivity index (χ3v) is 6.49. The zero-order chi connectivity index (χ0) is 25.7. The number of hydrogen-bond donors (Lipinski definition) is 2. The number of carbonyl (C=O) groups is 2. The summed E-state index contributed by atoms with van der Waals surface area (Å²) in [7, 11) is 0. The molecule has 2 N–H and O–H groups in total. The van der Waals surface area contributed by atoms with E-state index in [2.05, 4.69) is 31.8 Å². The first-order valence-corrected chi connectivity index (χ1v) is 11.9. The molecule has 0 unspecified atom stereocenters. The number of hydrazone groups is 1. The van der Waals surface area contributed by atoms with E-state index in [0.717, 1.165) is 4.70 Å². The summed E-state index contributed by atoms with van der Waals surface area (Å²) in [5.41, 5.74) is 3.49. The number of fused-ring (bicyclic) bond motifs is 1. The third kappa shape index (κ3) is 6.29. The second kappa shape index (κ2) is 11.1. The zero-order valence-electron chi connectivity index (χ0n) is 18.2. The van der Waals surface area contributed by atoms with Crippen LogP contribution in [-0.2, 0) is 4.79 Å². The van der Waals surface area contributed by atoms with E-state index in [4.69, 9.17) is 4.74 Å². The SMILES string of the molecule is O=C(COc1ccc(/C=N\NC(=O)c2cc3cc([N+](=O)[O-])ccc3s2)cc1Br)Nc1ccc(F)cc1. The first-order chi connectivity index (χ1) is 17.3. The smallest absolute Gasteiger partial charge is 0.281 e. The van der Waals surface area contributed by atoms with Gasteiger partial charge in [0.05, 0.1) is 20.5 Å². The third-order valence-electron chi connectivity index (χ3n) is 4.76. The van der Waals surface area contributed by atoms with Crippen LogP contribution < -0.4 is 15.5 Å². The van der Waals surface area contributed by atoms with Gasteiger partial charge in [-0.15, -0.1) is 11.3 Å². The lowest BCUT2D eigenvalue weighted by Gasteiger charge is -2.09. The van der Waals surface area contributed by atoms with E-state index < -0.39 is 22.6 Å². The molecule has 0 aliphatic heterocycles. The van der Waals surface area contributed by atoms with Crippen LogP contribution in [-0.4, -0.2) is 29.6 Å². The van der Waals surface area contributed by atoms with Crippen LogP contribution in [0.4, 0.5) is 15.8 Å². The van der Waals surface area contributed by atoms with Gasteiger partial charge < -0.3 is 10.1 Å². The molecule has 3 aromatic carbocycles. The molecular weight excluding hydrogens is 555 g/mol. The number of amides is 2. The van der Waals surface area contributed by atoms with Crippen molar-refractivity contribution in [2.75, 3.05) is 11.9 Å². The van der Waals surface area contributed by atoms with Crippen molar-refractivity contribution in [2.45, 2.75) is 0 Å². The van der Waals surface area contributed by atoms with Crippen LogP contribution in [0.2, 0.25) is 0 Å². The Balaban J connectivity index is 1.31. The van der Waals surface area contributed by atoms with E-state index in [1.807, 2.05) is 0 Å². The number of nitrogens with zero attached hydrogens (tertiary/aromatic N) is 2. The Morgan fingerprint density at radius 3 is 2.61 bits per heavy atom. The first-order valence-electron chi connectivity index (χ1n) is 10.3. The highest BCUT2D eigenvalue weighted by Crippen LogP contribution is 2.29. The molecule has 2 amide bonds. The van der Waals surface area contributed by atoms with Crippen molar-refractivity contribution in [3.8, 4) is 5.75 Å². The second-order valence-corrected chi connectivity index (χ2v) is 9.26. The number of benzene rings is 3. The van der Waals surface area contributed by atoms with Gasteiger partial charge in [0, 0.05) is 27.9 Å². The Bertz CT molecular complexity index is 1490. The number of thiophene rings is 1. The topological polar surface area (TPSA) is 123 Å². The minimum absolute atomic E-state index is 0.0446. The molecule has 0 atom stereocenters. The summed E-state index contributed by atoms with van der Waals surface area (Å²) in [6.07, 6.45) is 1.44. The Morgan fingerprint density at radius 2 is 1.89 bits per heavy atom. The maximum Gasteiger partial charge on any atom is 0.281 e. The molecule has 0 aliphatic rings. The van der Waals surface area contributed by atoms with Crippen molar-refractivity contribution in [2.24, 2.45) is 5.10 Å². The Morgan fingerprint density at radius 1 is 1.11 bits per heavy atom. The fraction of sp³-hybridized carbons (Fsp3) is 0.0417. The number of anilines is 1. The van der Waals surface area contributed by atoms with Gasteiger partial charge >= 0.3 is 0 Å². The maximum atomic E-state index is 12.9. The van der Waals surface area contributed by atoms with E-state index in [9.17, 15) is 24.1 Å². The van der Waals surface area contributed by atoms with Crippen LogP contribution >= 0.6 is 27.3 Å². The van der Waals surface area contributed by atoms with E-state index in [-0.39, 0.29) is 12.3 Å². The van der Waals surface area contributed by atoms with Gasteiger partial charge in [0.1, 0.15) is 11.6 Å². The van der Waals surface area contributed by atoms with Crippen LogP contribution in [0.25, 0.3) is 10.1 Å². The summed E-state index contributed by atoms with van der Waals surface area (Å²) in [6, 6.07) is 16.4. The lowest BCUT2D eigenvalue weighted by atomic mass is 10.2. The number of halogens is 2. The number of hydrogen-bond acceptors (Lipinski definition) is 7. The minimum Gasteiger partial charge on any atom is -0.483 e. The van der Waals surface area contributed by atoms with Gasteiger partial charge in [-0.25, -0.2) is 9.82 Å². The summed E-state index contributed by atoms with van der Waals surface area (Å²) in [5, 5.41) is 18.1. The molecule has 182 valence electrons. The highest BCUT2D eigenvalue weighted by atomic mass is 79.9. The highest BCUT2D eigenvalue weighted by Gasteiger charge is 2.13. The van der Waals surface area contributed by atoms with Gasteiger partial charge in [0.15, 0.2) is 6.61 Å². The van der Waals surface area contributed by atoms with Crippen molar-refractivity contribution in [1.29, 1.82) is 0 Å². The molecule has 0 saturated heterocycles. The number of nitro groups is 1. The Labute approximate surface area is 215 Å². The molecule has 0 fully saturated rings. The Kier molecular flexibility index (Phi) is 7.66. The first kappa shape index (κ1) is 24.9.